The summed E-state index contributed by atoms with van der Waals surface area (Å²) in [5.74, 6) is 0. The maximum Gasteiger partial charge on any atom is 0.494 e. The first-order valence-electron chi connectivity index (χ1n) is 8.24. The Morgan fingerprint density at radius 3 is 2.58 bits per heavy atom. The molecule has 1 aliphatic heterocycles. The second-order valence-corrected chi connectivity index (χ2v) is 7.82. The lowest BCUT2D eigenvalue weighted by atomic mass is 9.79. The first-order valence-corrected chi connectivity index (χ1v) is 8.24. The zero-order valence-electron chi connectivity index (χ0n) is 15.1. The fourth-order valence-corrected chi connectivity index (χ4v) is 2.67. The Labute approximate surface area is 143 Å². The molecule has 1 atom stereocenters. The molecule has 24 heavy (non-hydrogen) atoms. The molecular weight excluding hydrogens is 305 g/mol. The van der Waals surface area contributed by atoms with Crippen molar-refractivity contribution in [2.75, 3.05) is 0 Å². The highest BCUT2D eigenvalue weighted by Gasteiger charge is 2.43. The molecule has 0 radical (unpaired) electrons. The predicted molar refractivity (Wildman–Crippen MR) is 94.7 cm³/mol. The minimum Gasteiger partial charge on any atom is -0.443 e. The lowest BCUT2D eigenvalue weighted by Gasteiger charge is -2.21. The fourth-order valence-electron chi connectivity index (χ4n) is 2.67. The van der Waals surface area contributed by atoms with Crippen molar-refractivity contribution >= 4 is 29.6 Å². The van der Waals surface area contributed by atoms with Gasteiger partial charge in [-0.3, -0.25) is 4.57 Å². The average Bonchev–Trinajstić information content (AvgIpc) is 2.97. The molecule has 6 heteroatoms. The molecule has 1 aromatic carbocycles. The zero-order chi connectivity index (χ0) is 17.7. The number of aromatic nitrogens is 1. The van der Waals surface area contributed by atoms with Crippen LogP contribution >= 0.6 is 0 Å². The van der Waals surface area contributed by atoms with Crippen LogP contribution in [0.4, 0.5) is 4.79 Å². The third-order valence-corrected chi connectivity index (χ3v) is 4.29. The van der Waals surface area contributed by atoms with E-state index in [4.69, 9.17) is 14.0 Å². The largest absolute Gasteiger partial charge is 0.494 e. The van der Waals surface area contributed by atoms with E-state index in [1.165, 1.54) is 4.57 Å². The molecule has 0 amide bonds. The van der Waals surface area contributed by atoms with Gasteiger partial charge in [0.2, 0.25) is 0 Å². The molecule has 5 nitrogen and oxygen atoms in total. The zero-order valence-corrected chi connectivity index (χ0v) is 15.1. The van der Waals surface area contributed by atoms with Crippen LogP contribution in [0, 0.1) is 0 Å². The van der Waals surface area contributed by atoms with Gasteiger partial charge in [0.05, 0.1) is 17.2 Å². The van der Waals surface area contributed by atoms with E-state index in [9.17, 15) is 4.79 Å². The third kappa shape index (κ3) is 3.21. The summed E-state index contributed by atoms with van der Waals surface area (Å²) in [7, 11) is -0.385. The van der Waals surface area contributed by atoms with Crippen LogP contribution in [0.2, 0.25) is 0 Å². The van der Waals surface area contributed by atoms with E-state index in [0.29, 0.717) is 0 Å². The molecule has 0 N–H and O–H groups in total. The standard InChI is InChI=1S/C18H24BNO4/c1-12-18(5,6)24-19(23-12)14-7-8-15-13(11-14)9-10-20(15)16(21)22-17(2,3)4/h7-12H,1-6H3. The summed E-state index contributed by atoms with van der Waals surface area (Å²) in [4.78, 5) is 12.3. The number of carbonyl (C=O) groups excluding carboxylic acids is 1. The third-order valence-electron chi connectivity index (χ3n) is 4.29. The second kappa shape index (κ2) is 5.64. The Balaban J connectivity index is 1.88. The van der Waals surface area contributed by atoms with Gasteiger partial charge in [0.25, 0.3) is 0 Å². The van der Waals surface area contributed by atoms with Gasteiger partial charge in [0, 0.05) is 6.20 Å². The lowest BCUT2D eigenvalue weighted by molar-refractivity contribution is 0.0544. The quantitative estimate of drug-likeness (QED) is 0.753. The van der Waals surface area contributed by atoms with Crippen molar-refractivity contribution in [3.63, 3.8) is 0 Å². The number of carbonyl (C=O) groups is 1. The molecule has 0 aliphatic carbocycles. The maximum atomic E-state index is 12.3. The first kappa shape index (κ1) is 17.1. The highest BCUT2D eigenvalue weighted by molar-refractivity contribution is 6.62. The monoisotopic (exact) mass is 329 g/mol. The number of hydrogen-bond acceptors (Lipinski definition) is 4. The van der Waals surface area contributed by atoms with Crippen LogP contribution in [0.1, 0.15) is 41.5 Å². The summed E-state index contributed by atoms with van der Waals surface area (Å²) in [6.45, 7) is 11.6. The van der Waals surface area contributed by atoms with Gasteiger partial charge >= 0.3 is 13.2 Å². The van der Waals surface area contributed by atoms with Crippen molar-refractivity contribution in [2.24, 2.45) is 0 Å². The number of hydrogen-bond donors (Lipinski definition) is 0. The van der Waals surface area contributed by atoms with E-state index >= 15 is 0 Å². The highest BCUT2D eigenvalue weighted by atomic mass is 16.7. The minimum absolute atomic E-state index is 0.0181. The predicted octanol–water partition coefficient (Wildman–Crippen LogP) is 3.33. The van der Waals surface area contributed by atoms with Gasteiger partial charge in [0.1, 0.15) is 5.60 Å². The molecule has 0 bridgehead atoms. The Bertz CT molecular complexity index is 775. The van der Waals surface area contributed by atoms with Gasteiger partial charge in [-0.15, -0.1) is 0 Å². The number of rotatable bonds is 1. The maximum absolute atomic E-state index is 12.3. The van der Waals surface area contributed by atoms with Crippen LogP contribution in [0.15, 0.2) is 30.5 Å². The van der Waals surface area contributed by atoms with Crippen LogP contribution in [0.25, 0.3) is 10.9 Å². The number of fused-ring (bicyclic) bond motifs is 1. The molecule has 1 saturated heterocycles. The van der Waals surface area contributed by atoms with E-state index in [1.807, 2.05) is 65.8 Å². The van der Waals surface area contributed by atoms with Gasteiger partial charge < -0.3 is 14.0 Å². The smallest absolute Gasteiger partial charge is 0.443 e. The number of ether oxygens (including phenoxy) is 1. The van der Waals surface area contributed by atoms with Crippen LogP contribution < -0.4 is 5.46 Å². The second-order valence-electron chi connectivity index (χ2n) is 7.82. The van der Waals surface area contributed by atoms with Crippen LogP contribution in [0.3, 0.4) is 0 Å². The van der Waals surface area contributed by atoms with Crippen LogP contribution in [-0.2, 0) is 14.0 Å². The fraction of sp³-hybridized carbons (Fsp3) is 0.500. The van der Waals surface area contributed by atoms with E-state index in [0.717, 1.165) is 16.4 Å². The number of benzene rings is 1. The highest BCUT2D eigenvalue weighted by Crippen LogP contribution is 2.27. The summed E-state index contributed by atoms with van der Waals surface area (Å²) in [5, 5.41) is 0.947. The molecule has 2 aromatic rings. The Morgan fingerprint density at radius 1 is 1.29 bits per heavy atom. The van der Waals surface area contributed by atoms with Crippen molar-refractivity contribution < 1.29 is 18.8 Å². The topological polar surface area (TPSA) is 49.7 Å². The van der Waals surface area contributed by atoms with Crippen LogP contribution in [0.5, 0.6) is 0 Å². The van der Waals surface area contributed by atoms with E-state index < -0.39 is 5.60 Å². The van der Waals surface area contributed by atoms with E-state index in [2.05, 4.69) is 0 Å². The van der Waals surface area contributed by atoms with Gasteiger partial charge in [-0.25, -0.2) is 4.79 Å². The molecule has 1 unspecified atom stereocenters. The molecule has 3 rings (SSSR count). The SMILES string of the molecule is CC1OB(c2ccc3c(ccn3C(=O)OC(C)(C)C)c2)OC1(C)C. The van der Waals surface area contributed by atoms with Gasteiger partial charge in [-0.1, -0.05) is 12.1 Å². The molecule has 128 valence electrons. The first-order chi connectivity index (χ1) is 11.1. The van der Waals surface area contributed by atoms with Crippen molar-refractivity contribution in [1.29, 1.82) is 0 Å². The Morgan fingerprint density at radius 2 is 2.00 bits per heavy atom. The average molecular weight is 329 g/mol. The van der Waals surface area contributed by atoms with Gasteiger partial charge in [-0.05, 0) is 64.5 Å². The van der Waals surface area contributed by atoms with Crippen LogP contribution in [-0.4, -0.2) is 35.1 Å². The van der Waals surface area contributed by atoms with Crippen molar-refractivity contribution in [3.05, 3.63) is 30.5 Å². The minimum atomic E-state index is -0.527. The van der Waals surface area contributed by atoms with Crippen molar-refractivity contribution in [1.82, 2.24) is 4.57 Å². The Kier molecular flexibility index (Phi) is 4.01. The molecule has 1 fully saturated rings. The van der Waals surface area contributed by atoms with E-state index in [1.54, 1.807) is 6.20 Å². The van der Waals surface area contributed by atoms with Gasteiger partial charge in [-0.2, -0.15) is 0 Å². The summed E-state index contributed by atoms with van der Waals surface area (Å²) in [6, 6.07) is 7.72. The summed E-state index contributed by atoms with van der Waals surface area (Å²) in [5.41, 5.74) is 0.906. The molecule has 0 spiro atoms. The number of nitrogens with zero attached hydrogens (tertiary/aromatic N) is 1. The Hall–Kier alpha value is -1.79. The van der Waals surface area contributed by atoms with Gasteiger partial charge in [0.15, 0.2) is 0 Å². The normalized spacial score (nSPS) is 20.6. The molecule has 1 aromatic heterocycles. The summed E-state index contributed by atoms with van der Waals surface area (Å²) in [6.07, 6.45) is 1.36. The summed E-state index contributed by atoms with van der Waals surface area (Å²) >= 11 is 0. The molecule has 0 saturated carbocycles. The molecular formula is C18H24BNO4. The summed E-state index contributed by atoms with van der Waals surface area (Å²) < 4.78 is 18.9. The molecule has 2 heterocycles. The van der Waals surface area contributed by atoms with Crippen molar-refractivity contribution in [2.45, 2.75) is 58.8 Å². The van der Waals surface area contributed by atoms with Crippen molar-refractivity contribution in [3.8, 4) is 0 Å². The lowest BCUT2D eigenvalue weighted by Crippen LogP contribution is -2.34. The molecule has 1 aliphatic rings. The van der Waals surface area contributed by atoms with E-state index in [-0.39, 0.29) is 24.9 Å².